The first-order valence-corrected chi connectivity index (χ1v) is 9.10. The zero-order valence-electron chi connectivity index (χ0n) is 12.6. The number of hydrogen-bond acceptors (Lipinski definition) is 6. The van der Waals surface area contributed by atoms with Crippen LogP contribution in [0.2, 0.25) is 0 Å². The number of sulfonamides is 1. The minimum Gasteiger partial charge on any atom is -0.449 e. The largest absolute Gasteiger partial charge is 0.449 e. The number of carbonyl (C=O) groups is 1. The highest BCUT2D eigenvalue weighted by atomic mass is 32.2. The number of aromatic nitrogens is 1. The smallest absolute Gasteiger partial charge is 0.421 e. The molecule has 1 amide bonds. The summed E-state index contributed by atoms with van der Waals surface area (Å²) >= 11 is 1.28. The van der Waals surface area contributed by atoms with Crippen LogP contribution >= 0.6 is 11.8 Å². The van der Waals surface area contributed by atoms with Crippen LogP contribution in [0.5, 0.6) is 0 Å². The molecule has 1 aromatic heterocycles. The molecule has 0 saturated heterocycles. The SMILES string of the molecule is CCOC(=O)NS(=O)(=O)c1cnccc1Sc1cccc(C)c1. The number of amides is 1. The fraction of sp³-hybridized carbons (Fsp3) is 0.200. The molecule has 0 atom stereocenters. The van der Waals surface area contributed by atoms with E-state index in [1.807, 2.05) is 35.9 Å². The van der Waals surface area contributed by atoms with Gasteiger partial charge < -0.3 is 4.74 Å². The van der Waals surface area contributed by atoms with Gasteiger partial charge in [-0.25, -0.2) is 17.9 Å². The minimum atomic E-state index is -4.05. The van der Waals surface area contributed by atoms with E-state index in [-0.39, 0.29) is 11.5 Å². The van der Waals surface area contributed by atoms with Crippen molar-refractivity contribution in [3.8, 4) is 0 Å². The van der Waals surface area contributed by atoms with Crippen LogP contribution in [-0.4, -0.2) is 26.1 Å². The Labute approximate surface area is 139 Å². The fourth-order valence-electron chi connectivity index (χ4n) is 1.78. The van der Waals surface area contributed by atoms with Gasteiger partial charge in [0.15, 0.2) is 0 Å². The molecule has 8 heteroatoms. The quantitative estimate of drug-likeness (QED) is 0.890. The second-order valence-electron chi connectivity index (χ2n) is 4.57. The van der Waals surface area contributed by atoms with Gasteiger partial charge in [0.2, 0.25) is 0 Å². The molecule has 0 spiro atoms. The Morgan fingerprint density at radius 3 is 2.83 bits per heavy atom. The van der Waals surface area contributed by atoms with Crippen LogP contribution < -0.4 is 4.72 Å². The third-order valence-electron chi connectivity index (χ3n) is 2.75. The Morgan fingerprint density at radius 2 is 2.13 bits per heavy atom. The molecular weight excluding hydrogens is 336 g/mol. The van der Waals surface area contributed by atoms with Crippen LogP contribution in [0.1, 0.15) is 12.5 Å². The van der Waals surface area contributed by atoms with Gasteiger partial charge in [-0.3, -0.25) is 4.98 Å². The van der Waals surface area contributed by atoms with Gasteiger partial charge in [-0.05, 0) is 32.0 Å². The number of hydrogen-bond donors (Lipinski definition) is 1. The Kier molecular flexibility index (Phi) is 5.62. The summed E-state index contributed by atoms with van der Waals surface area (Å²) in [5, 5.41) is 0. The van der Waals surface area contributed by atoms with E-state index in [1.54, 1.807) is 13.0 Å². The molecule has 23 heavy (non-hydrogen) atoms. The van der Waals surface area contributed by atoms with Gasteiger partial charge in [-0.15, -0.1) is 0 Å². The van der Waals surface area contributed by atoms with Crippen LogP contribution in [0.3, 0.4) is 0 Å². The average molecular weight is 352 g/mol. The number of nitrogens with one attached hydrogen (secondary N) is 1. The van der Waals surface area contributed by atoms with Crippen molar-refractivity contribution in [3.05, 3.63) is 48.3 Å². The highest BCUT2D eigenvalue weighted by Crippen LogP contribution is 2.32. The summed E-state index contributed by atoms with van der Waals surface area (Å²) in [6.07, 6.45) is 1.70. The van der Waals surface area contributed by atoms with Gasteiger partial charge in [0, 0.05) is 22.2 Å². The first-order valence-electron chi connectivity index (χ1n) is 6.80. The first kappa shape index (κ1) is 17.3. The summed E-state index contributed by atoms with van der Waals surface area (Å²) < 4.78 is 31.1. The third-order valence-corrected chi connectivity index (χ3v) is 5.28. The molecule has 2 aromatic rings. The molecule has 122 valence electrons. The molecular formula is C15H16N2O4S2. The molecule has 1 heterocycles. The molecule has 0 aliphatic carbocycles. The molecule has 1 N–H and O–H groups in total. The van der Waals surface area contributed by atoms with Crippen LogP contribution in [0.4, 0.5) is 4.79 Å². The molecule has 6 nitrogen and oxygen atoms in total. The summed E-state index contributed by atoms with van der Waals surface area (Å²) in [5.41, 5.74) is 1.07. The van der Waals surface area contributed by atoms with Crippen molar-refractivity contribution in [1.29, 1.82) is 0 Å². The Morgan fingerprint density at radius 1 is 1.35 bits per heavy atom. The van der Waals surface area contributed by atoms with Crippen LogP contribution in [0.25, 0.3) is 0 Å². The Hall–Kier alpha value is -2.06. The molecule has 0 saturated carbocycles. The van der Waals surface area contributed by atoms with Crippen molar-refractivity contribution < 1.29 is 17.9 Å². The van der Waals surface area contributed by atoms with Crippen LogP contribution in [-0.2, 0) is 14.8 Å². The predicted octanol–water partition coefficient (Wildman–Crippen LogP) is 2.98. The van der Waals surface area contributed by atoms with Crippen molar-refractivity contribution in [2.45, 2.75) is 28.5 Å². The second kappa shape index (κ2) is 7.47. The van der Waals surface area contributed by atoms with Crippen LogP contribution in [0.15, 0.2) is 57.4 Å². The molecule has 0 aliphatic heterocycles. The van der Waals surface area contributed by atoms with Gasteiger partial charge >= 0.3 is 6.09 Å². The molecule has 1 aromatic carbocycles. The monoisotopic (exact) mass is 352 g/mol. The second-order valence-corrected chi connectivity index (χ2v) is 7.33. The number of aryl methyl sites for hydroxylation is 1. The highest BCUT2D eigenvalue weighted by Gasteiger charge is 2.22. The minimum absolute atomic E-state index is 0.0699. The topological polar surface area (TPSA) is 85.4 Å². The Bertz CT molecular complexity index is 807. The summed E-state index contributed by atoms with van der Waals surface area (Å²) in [6.45, 7) is 3.63. The molecule has 0 unspecified atom stereocenters. The number of nitrogens with zero attached hydrogens (tertiary/aromatic N) is 1. The standard InChI is InChI=1S/C15H16N2O4S2/c1-3-21-15(18)17-23(19,20)14-10-16-8-7-13(14)22-12-6-4-5-11(2)9-12/h4-10H,3H2,1-2H3,(H,17,18). The molecule has 0 radical (unpaired) electrons. The van der Waals surface area contributed by atoms with E-state index in [9.17, 15) is 13.2 Å². The fourth-order valence-corrected chi connectivity index (χ4v) is 4.09. The lowest BCUT2D eigenvalue weighted by Crippen LogP contribution is -2.31. The van der Waals surface area contributed by atoms with E-state index < -0.39 is 16.1 Å². The predicted molar refractivity (Wildman–Crippen MR) is 86.9 cm³/mol. The summed E-state index contributed by atoms with van der Waals surface area (Å²) in [5.74, 6) is 0. The van der Waals surface area contributed by atoms with Crippen LogP contribution in [0, 0.1) is 6.92 Å². The van der Waals surface area contributed by atoms with Crippen molar-refractivity contribution in [1.82, 2.24) is 9.71 Å². The number of rotatable bonds is 5. The van der Waals surface area contributed by atoms with Crippen molar-refractivity contribution in [3.63, 3.8) is 0 Å². The van der Waals surface area contributed by atoms with Crippen molar-refractivity contribution in [2.24, 2.45) is 0 Å². The van der Waals surface area contributed by atoms with E-state index in [1.165, 1.54) is 24.2 Å². The summed E-state index contributed by atoms with van der Waals surface area (Å²) in [4.78, 5) is 16.5. The lowest BCUT2D eigenvalue weighted by atomic mass is 10.2. The van der Waals surface area contributed by atoms with E-state index in [0.29, 0.717) is 4.90 Å². The van der Waals surface area contributed by atoms with Gasteiger partial charge in [0.05, 0.1) is 6.61 Å². The Balaban J connectivity index is 2.31. The van der Waals surface area contributed by atoms with E-state index in [2.05, 4.69) is 9.72 Å². The number of pyridine rings is 1. The number of benzene rings is 1. The maximum atomic E-state index is 12.3. The first-order chi connectivity index (χ1) is 10.9. The zero-order valence-corrected chi connectivity index (χ0v) is 14.3. The van der Waals surface area contributed by atoms with E-state index in [4.69, 9.17) is 0 Å². The molecule has 0 bridgehead atoms. The van der Waals surface area contributed by atoms with E-state index in [0.717, 1.165) is 10.5 Å². The third kappa shape index (κ3) is 4.70. The molecule has 0 fully saturated rings. The average Bonchev–Trinajstić information content (AvgIpc) is 2.47. The van der Waals surface area contributed by atoms with Crippen molar-refractivity contribution >= 4 is 27.9 Å². The summed E-state index contributed by atoms with van der Waals surface area (Å²) in [7, 11) is -4.05. The van der Waals surface area contributed by atoms with Crippen molar-refractivity contribution in [2.75, 3.05) is 6.61 Å². The van der Waals surface area contributed by atoms with Gasteiger partial charge in [0.25, 0.3) is 10.0 Å². The number of ether oxygens (including phenoxy) is 1. The van der Waals surface area contributed by atoms with Gasteiger partial charge in [-0.1, -0.05) is 29.5 Å². The normalized spacial score (nSPS) is 11.0. The molecule has 2 rings (SSSR count). The lowest BCUT2D eigenvalue weighted by molar-refractivity contribution is 0.158. The van der Waals surface area contributed by atoms with Gasteiger partial charge in [-0.2, -0.15) is 0 Å². The zero-order chi connectivity index (χ0) is 16.9. The highest BCUT2D eigenvalue weighted by molar-refractivity contribution is 8.00. The number of carbonyl (C=O) groups excluding carboxylic acids is 1. The maximum absolute atomic E-state index is 12.3. The lowest BCUT2D eigenvalue weighted by Gasteiger charge is -2.10. The summed E-state index contributed by atoms with van der Waals surface area (Å²) in [6, 6.07) is 9.26. The maximum Gasteiger partial charge on any atom is 0.421 e. The van der Waals surface area contributed by atoms with Gasteiger partial charge in [0.1, 0.15) is 4.90 Å². The molecule has 0 aliphatic rings. The van der Waals surface area contributed by atoms with E-state index >= 15 is 0 Å².